The van der Waals surface area contributed by atoms with Crippen molar-refractivity contribution in [3.8, 4) is 0 Å². The molecular weight excluding hydrogens is 449 g/mol. The Bertz CT molecular complexity index is 1000. The van der Waals surface area contributed by atoms with Crippen molar-refractivity contribution in [1.82, 2.24) is 0 Å². The van der Waals surface area contributed by atoms with Crippen LogP contribution in [0.2, 0.25) is 0 Å². The van der Waals surface area contributed by atoms with Crippen LogP contribution in [0.15, 0.2) is 48.5 Å². The lowest BCUT2D eigenvalue weighted by Crippen LogP contribution is -2.28. The van der Waals surface area contributed by atoms with E-state index < -0.39 is 11.7 Å². The fourth-order valence-corrected chi connectivity index (χ4v) is 5.34. The first-order chi connectivity index (χ1) is 15.3. The summed E-state index contributed by atoms with van der Waals surface area (Å²) in [7, 11) is 0. The molecule has 1 aliphatic rings. The zero-order valence-electron chi connectivity index (χ0n) is 19.2. The predicted octanol–water partition coefficient (Wildman–Crippen LogP) is 6.88. The van der Waals surface area contributed by atoms with Gasteiger partial charge in [0.25, 0.3) is 0 Å². The van der Waals surface area contributed by atoms with E-state index in [9.17, 15) is 22.8 Å². The van der Waals surface area contributed by atoms with E-state index in [2.05, 4.69) is 33.0 Å². The van der Waals surface area contributed by atoms with Gasteiger partial charge in [0.2, 0.25) is 11.8 Å². The first-order valence-corrected chi connectivity index (χ1v) is 11.9. The number of rotatable bonds is 6. The van der Waals surface area contributed by atoms with Crippen LogP contribution in [0.25, 0.3) is 0 Å². The maximum atomic E-state index is 12.9. The molecule has 0 aromatic heterocycles. The van der Waals surface area contributed by atoms with E-state index in [0.717, 1.165) is 24.1 Å². The van der Waals surface area contributed by atoms with Gasteiger partial charge in [0.05, 0.1) is 11.3 Å². The highest BCUT2D eigenvalue weighted by Gasteiger charge is 2.35. The summed E-state index contributed by atoms with van der Waals surface area (Å²) in [5.74, 6) is 0.229. The molecule has 0 aliphatic carbocycles. The van der Waals surface area contributed by atoms with Crippen LogP contribution in [0.5, 0.6) is 0 Å². The molecule has 2 atom stereocenters. The minimum atomic E-state index is -4.43. The summed E-state index contributed by atoms with van der Waals surface area (Å²) in [6.45, 7) is 8.50. The van der Waals surface area contributed by atoms with Crippen LogP contribution in [-0.2, 0) is 15.8 Å². The van der Waals surface area contributed by atoms with Gasteiger partial charge in [-0.1, -0.05) is 39.8 Å². The average molecular weight is 479 g/mol. The van der Waals surface area contributed by atoms with Crippen LogP contribution >= 0.6 is 11.8 Å². The number of nitrogens with one attached hydrogen (secondary N) is 1. The lowest BCUT2D eigenvalue weighted by atomic mass is 9.84. The van der Waals surface area contributed by atoms with Crippen molar-refractivity contribution < 1.29 is 22.8 Å². The number of amides is 2. The van der Waals surface area contributed by atoms with E-state index >= 15 is 0 Å². The van der Waals surface area contributed by atoms with Gasteiger partial charge in [0.15, 0.2) is 0 Å². The molecule has 0 saturated carbocycles. The van der Waals surface area contributed by atoms with Gasteiger partial charge in [-0.3, -0.25) is 14.5 Å². The maximum Gasteiger partial charge on any atom is 0.416 e. The average Bonchev–Trinajstić information content (AvgIpc) is 3.07. The molecule has 1 N–H and O–H groups in total. The second kappa shape index (κ2) is 9.79. The van der Waals surface area contributed by atoms with Gasteiger partial charge < -0.3 is 5.32 Å². The van der Waals surface area contributed by atoms with Gasteiger partial charge in [0, 0.05) is 17.8 Å². The Kier molecular flexibility index (Phi) is 7.46. The van der Waals surface area contributed by atoms with E-state index in [4.69, 9.17) is 0 Å². The molecule has 4 nitrogen and oxygen atoms in total. The molecule has 33 heavy (non-hydrogen) atoms. The number of thioether (sulfide) groups is 1. The molecule has 1 fully saturated rings. The SMILES string of the molecule is CC(CC(=O)Nc1cccc(C2SCC(=O)N2c2ccc(C(F)(F)F)cc2)c1)CC(C)(C)C. The maximum absolute atomic E-state index is 12.9. The summed E-state index contributed by atoms with van der Waals surface area (Å²) in [4.78, 5) is 26.6. The topological polar surface area (TPSA) is 49.4 Å². The van der Waals surface area contributed by atoms with E-state index in [1.54, 1.807) is 12.1 Å². The molecule has 178 valence electrons. The summed E-state index contributed by atoms with van der Waals surface area (Å²) in [5.41, 5.74) is 1.23. The molecule has 1 heterocycles. The number of benzene rings is 2. The van der Waals surface area contributed by atoms with Crippen molar-refractivity contribution >= 4 is 35.0 Å². The molecule has 1 saturated heterocycles. The summed E-state index contributed by atoms with van der Waals surface area (Å²) in [6, 6.07) is 11.9. The lowest BCUT2D eigenvalue weighted by Gasteiger charge is -2.25. The number of carbonyl (C=O) groups is 2. The van der Waals surface area contributed by atoms with Gasteiger partial charge in [-0.2, -0.15) is 13.2 Å². The van der Waals surface area contributed by atoms with Crippen molar-refractivity contribution in [1.29, 1.82) is 0 Å². The Morgan fingerprint density at radius 1 is 1.15 bits per heavy atom. The first-order valence-electron chi connectivity index (χ1n) is 10.8. The largest absolute Gasteiger partial charge is 0.416 e. The van der Waals surface area contributed by atoms with Gasteiger partial charge in [-0.25, -0.2) is 0 Å². The number of alkyl halides is 3. The zero-order chi connectivity index (χ0) is 24.4. The molecule has 2 aromatic carbocycles. The summed E-state index contributed by atoms with van der Waals surface area (Å²) in [5, 5.41) is 2.55. The third-order valence-corrected chi connectivity index (χ3v) is 6.50. The molecule has 3 rings (SSSR count). The van der Waals surface area contributed by atoms with Crippen molar-refractivity contribution in [2.24, 2.45) is 11.3 Å². The molecule has 2 unspecified atom stereocenters. The highest BCUT2D eigenvalue weighted by Crippen LogP contribution is 2.43. The first kappa shape index (κ1) is 25.1. The summed E-state index contributed by atoms with van der Waals surface area (Å²) in [6.07, 6.45) is -3.09. The van der Waals surface area contributed by atoms with Crippen molar-refractivity contribution in [2.45, 2.75) is 52.1 Å². The standard InChI is InChI=1S/C25H29F3N2O2S/c1-16(14-24(2,3)4)12-21(31)29-19-7-5-6-17(13-19)23-30(22(32)15-33-23)20-10-8-18(9-11-20)25(26,27)28/h5-11,13,16,23H,12,14-15H2,1-4H3,(H,29,31). The Labute approximate surface area is 196 Å². The van der Waals surface area contributed by atoms with Gasteiger partial charge in [-0.15, -0.1) is 11.8 Å². The predicted molar refractivity (Wildman–Crippen MR) is 127 cm³/mol. The Hall–Kier alpha value is -2.48. The molecular formula is C25H29F3N2O2S. The molecule has 0 radical (unpaired) electrons. The Balaban J connectivity index is 1.74. The number of hydrogen-bond donors (Lipinski definition) is 1. The number of carbonyl (C=O) groups excluding carboxylic acids is 2. The Morgan fingerprint density at radius 2 is 1.82 bits per heavy atom. The summed E-state index contributed by atoms with van der Waals surface area (Å²) >= 11 is 1.40. The number of hydrogen-bond acceptors (Lipinski definition) is 3. The summed E-state index contributed by atoms with van der Waals surface area (Å²) < 4.78 is 38.7. The van der Waals surface area contributed by atoms with Gasteiger partial charge in [0.1, 0.15) is 5.37 Å². The monoisotopic (exact) mass is 478 g/mol. The second-order valence-electron chi connectivity index (χ2n) is 9.72. The second-order valence-corrected chi connectivity index (χ2v) is 10.8. The molecule has 8 heteroatoms. The minimum Gasteiger partial charge on any atom is -0.326 e. The third-order valence-electron chi connectivity index (χ3n) is 5.29. The van der Waals surface area contributed by atoms with E-state index in [0.29, 0.717) is 17.8 Å². The number of nitrogens with zero attached hydrogens (tertiary/aromatic N) is 1. The van der Waals surface area contributed by atoms with Crippen molar-refractivity contribution in [2.75, 3.05) is 16.0 Å². The number of halogens is 3. The molecule has 0 spiro atoms. The van der Waals surface area contributed by atoms with E-state index in [1.165, 1.54) is 28.8 Å². The molecule has 1 aliphatic heterocycles. The smallest absolute Gasteiger partial charge is 0.326 e. The van der Waals surface area contributed by atoms with Crippen LogP contribution in [0.3, 0.4) is 0 Å². The molecule has 2 amide bonds. The number of anilines is 2. The highest BCUT2D eigenvalue weighted by atomic mass is 32.2. The van der Waals surface area contributed by atoms with Crippen LogP contribution in [0.4, 0.5) is 24.5 Å². The highest BCUT2D eigenvalue weighted by molar-refractivity contribution is 8.00. The van der Waals surface area contributed by atoms with Gasteiger partial charge in [-0.05, 0) is 59.7 Å². The van der Waals surface area contributed by atoms with Crippen molar-refractivity contribution in [3.05, 3.63) is 59.7 Å². The third kappa shape index (κ3) is 6.76. The molecule has 0 bridgehead atoms. The zero-order valence-corrected chi connectivity index (χ0v) is 20.0. The van der Waals surface area contributed by atoms with E-state index in [1.807, 2.05) is 12.1 Å². The van der Waals surface area contributed by atoms with Crippen LogP contribution in [0, 0.1) is 11.3 Å². The normalized spacial score (nSPS) is 17.8. The van der Waals surface area contributed by atoms with Crippen LogP contribution < -0.4 is 10.2 Å². The van der Waals surface area contributed by atoms with Crippen LogP contribution in [0.1, 0.15) is 57.0 Å². The lowest BCUT2D eigenvalue weighted by molar-refractivity contribution is -0.137. The Morgan fingerprint density at radius 3 is 2.42 bits per heavy atom. The van der Waals surface area contributed by atoms with E-state index in [-0.39, 0.29) is 34.3 Å². The quantitative estimate of drug-likeness (QED) is 0.492. The fraction of sp³-hybridized carbons (Fsp3) is 0.440. The fourth-order valence-electron chi connectivity index (χ4n) is 4.18. The van der Waals surface area contributed by atoms with Crippen LogP contribution in [-0.4, -0.2) is 17.6 Å². The molecule has 2 aromatic rings. The van der Waals surface area contributed by atoms with Crippen molar-refractivity contribution in [3.63, 3.8) is 0 Å². The van der Waals surface area contributed by atoms with Gasteiger partial charge >= 0.3 is 6.18 Å². The minimum absolute atomic E-state index is 0.0707.